The number of nitrogens with one attached hydrogen (secondary N) is 3. The van der Waals surface area contributed by atoms with Crippen molar-refractivity contribution < 1.29 is 0 Å². The summed E-state index contributed by atoms with van der Waals surface area (Å²) >= 11 is 0. The number of hydrogen-bond acceptors (Lipinski definition) is 7. The third kappa shape index (κ3) is 5.04. The van der Waals surface area contributed by atoms with Crippen LogP contribution in [0.15, 0.2) is 39.0 Å². The highest BCUT2D eigenvalue weighted by Crippen LogP contribution is 2.42. The van der Waals surface area contributed by atoms with Gasteiger partial charge in [-0.25, -0.2) is 9.98 Å². The summed E-state index contributed by atoms with van der Waals surface area (Å²) in [7, 11) is 1.71. The Morgan fingerprint density at radius 3 is 2.64 bits per heavy atom. The fourth-order valence-corrected chi connectivity index (χ4v) is 3.83. The molecule has 0 saturated heterocycles. The van der Waals surface area contributed by atoms with Gasteiger partial charge in [-0.3, -0.25) is 15.2 Å². The fraction of sp³-hybridized carbons (Fsp3) is 0.375. The molecule has 1 fully saturated rings. The molecule has 2 aromatic rings. The van der Waals surface area contributed by atoms with Gasteiger partial charge in [0.1, 0.15) is 34.8 Å². The van der Waals surface area contributed by atoms with E-state index in [2.05, 4.69) is 31.3 Å². The van der Waals surface area contributed by atoms with Gasteiger partial charge in [0, 0.05) is 31.1 Å². The molecule has 3 N–H and O–H groups in total. The molecule has 1 heterocycles. The Hall–Kier alpha value is -4.11. The average molecular weight is 443 g/mol. The summed E-state index contributed by atoms with van der Waals surface area (Å²) in [5, 5.41) is 29.4. The lowest BCUT2D eigenvalue weighted by molar-refractivity contribution is 0.322. The fourth-order valence-electron chi connectivity index (χ4n) is 3.83. The highest BCUT2D eigenvalue weighted by atomic mass is 16.1. The number of aromatic nitrogens is 2. The van der Waals surface area contributed by atoms with Gasteiger partial charge in [-0.05, 0) is 43.9 Å². The first-order valence-electron chi connectivity index (χ1n) is 10.8. The third-order valence-corrected chi connectivity index (χ3v) is 5.79. The Morgan fingerprint density at radius 1 is 1.36 bits per heavy atom. The third-order valence-electron chi connectivity index (χ3n) is 5.79. The monoisotopic (exact) mass is 442 g/mol. The first-order chi connectivity index (χ1) is 15.9. The quantitative estimate of drug-likeness (QED) is 0.440. The number of nitriles is 2. The van der Waals surface area contributed by atoms with Gasteiger partial charge >= 0.3 is 0 Å². The Morgan fingerprint density at radius 2 is 2.09 bits per heavy atom. The zero-order chi connectivity index (χ0) is 24.0. The average Bonchev–Trinajstić information content (AvgIpc) is 2.80. The van der Waals surface area contributed by atoms with Crippen LogP contribution in [0.4, 0.5) is 5.82 Å². The summed E-state index contributed by atoms with van der Waals surface area (Å²) < 4.78 is 0. The molecule has 9 nitrogen and oxygen atoms in total. The van der Waals surface area contributed by atoms with Crippen molar-refractivity contribution in [1.82, 2.24) is 9.97 Å². The number of H-pyrrole nitrogens is 1. The maximum atomic E-state index is 12.9. The molecule has 3 atom stereocenters. The SMILES string of the molecule is CCC=NC(=NC)C1CCC1c1nc(NC(C)c2ccc(C#N)cc2)c(C(=N)C#N)c(=O)[nH]1. The van der Waals surface area contributed by atoms with Crippen molar-refractivity contribution in [3.8, 4) is 12.1 Å². The zero-order valence-electron chi connectivity index (χ0n) is 18.9. The molecular formula is C24H26N8O. The largest absolute Gasteiger partial charge is 0.363 e. The van der Waals surface area contributed by atoms with Crippen molar-refractivity contribution in [2.24, 2.45) is 15.9 Å². The molecule has 9 heteroatoms. The van der Waals surface area contributed by atoms with Gasteiger partial charge in [-0.1, -0.05) is 19.1 Å². The number of aromatic amines is 1. The number of benzene rings is 1. The molecule has 3 rings (SSSR count). The highest BCUT2D eigenvalue weighted by Gasteiger charge is 2.38. The molecular weight excluding hydrogens is 416 g/mol. The van der Waals surface area contributed by atoms with E-state index in [1.807, 2.05) is 32.2 Å². The molecule has 0 amide bonds. The Balaban J connectivity index is 1.97. The van der Waals surface area contributed by atoms with E-state index < -0.39 is 11.3 Å². The van der Waals surface area contributed by atoms with E-state index in [4.69, 9.17) is 10.7 Å². The summed E-state index contributed by atoms with van der Waals surface area (Å²) in [6, 6.07) is 10.6. The van der Waals surface area contributed by atoms with Gasteiger partial charge in [0.05, 0.1) is 11.6 Å². The molecule has 1 aromatic heterocycles. The molecule has 3 unspecified atom stereocenters. The van der Waals surface area contributed by atoms with Crippen molar-refractivity contribution in [3.63, 3.8) is 0 Å². The highest BCUT2D eigenvalue weighted by molar-refractivity contribution is 6.12. The van der Waals surface area contributed by atoms with Crippen LogP contribution in [-0.4, -0.2) is 34.8 Å². The Labute approximate surface area is 192 Å². The first-order valence-corrected chi connectivity index (χ1v) is 10.8. The molecule has 1 aromatic carbocycles. The van der Waals surface area contributed by atoms with Crippen LogP contribution in [0.5, 0.6) is 0 Å². The van der Waals surface area contributed by atoms with E-state index >= 15 is 0 Å². The second kappa shape index (κ2) is 10.5. The first kappa shape index (κ1) is 23.6. The van der Waals surface area contributed by atoms with Crippen LogP contribution in [0.1, 0.15) is 67.6 Å². The van der Waals surface area contributed by atoms with Crippen LogP contribution in [0.2, 0.25) is 0 Å². The van der Waals surface area contributed by atoms with Crippen molar-refractivity contribution in [1.29, 1.82) is 15.9 Å². The Kier molecular flexibility index (Phi) is 7.47. The maximum Gasteiger partial charge on any atom is 0.263 e. The number of nitrogens with zero attached hydrogens (tertiary/aromatic N) is 5. The molecule has 0 aliphatic heterocycles. The van der Waals surface area contributed by atoms with E-state index in [1.54, 1.807) is 25.2 Å². The van der Waals surface area contributed by atoms with Crippen molar-refractivity contribution in [2.75, 3.05) is 12.4 Å². The minimum absolute atomic E-state index is 0.0472. The van der Waals surface area contributed by atoms with Crippen molar-refractivity contribution in [3.05, 3.63) is 57.1 Å². The number of amidine groups is 1. The van der Waals surface area contributed by atoms with Crippen LogP contribution in [0.25, 0.3) is 0 Å². The predicted molar refractivity (Wildman–Crippen MR) is 128 cm³/mol. The lowest BCUT2D eigenvalue weighted by Gasteiger charge is -2.35. The van der Waals surface area contributed by atoms with Gasteiger partial charge in [-0.2, -0.15) is 10.5 Å². The number of aliphatic imine (C=N–C) groups is 2. The van der Waals surface area contributed by atoms with E-state index in [0.29, 0.717) is 11.4 Å². The maximum absolute atomic E-state index is 12.9. The smallest absolute Gasteiger partial charge is 0.263 e. The normalized spacial score (nSPS) is 18.8. The van der Waals surface area contributed by atoms with Gasteiger partial charge in [-0.15, -0.1) is 0 Å². The number of anilines is 1. The van der Waals surface area contributed by atoms with Crippen LogP contribution < -0.4 is 10.9 Å². The summed E-state index contributed by atoms with van der Waals surface area (Å²) in [5.41, 5.74) is 0.343. The molecule has 0 bridgehead atoms. The van der Waals surface area contributed by atoms with E-state index in [1.165, 1.54) is 0 Å². The second-order valence-electron chi connectivity index (χ2n) is 7.85. The van der Waals surface area contributed by atoms with Crippen LogP contribution in [-0.2, 0) is 0 Å². The Bertz CT molecular complexity index is 1230. The molecule has 0 spiro atoms. The number of rotatable bonds is 7. The van der Waals surface area contributed by atoms with Crippen molar-refractivity contribution >= 4 is 23.6 Å². The predicted octanol–water partition coefficient (Wildman–Crippen LogP) is 3.71. The lowest BCUT2D eigenvalue weighted by Crippen LogP contribution is -2.34. The molecule has 1 saturated carbocycles. The minimum atomic E-state index is -0.529. The molecule has 168 valence electrons. The van der Waals surface area contributed by atoms with E-state index in [9.17, 15) is 10.1 Å². The van der Waals surface area contributed by atoms with Crippen LogP contribution in [0.3, 0.4) is 0 Å². The van der Waals surface area contributed by atoms with Gasteiger partial charge in [0.2, 0.25) is 0 Å². The molecule has 1 aliphatic carbocycles. The molecule has 33 heavy (non-hydrogen) atoms. The number of hydrogen-bond donors (Lipinski definition) is 3. The molecule has 1 aliphatic rings. The summed E-state index contributed by atoms with van der Waals surface area (Å²) in [6.07, 6.45) is 4.34. The topological polar surface area (TPSA) is 154 Å². The summed E-state index contributed by atoms with van der Waals surface area (Å²) in [4.78, 5) is 29.1. The van der Waals surface area contributed by atoms with Crippen LogP contribution in [0, 0.1) is 34.0 Å². The summed E-state index contributed by atoms with van der Waals surface area (Å²) in [6.45, 7) is 3.89. The van der Waals surface area contributed by atoms with Gasteiger partial charge < -0.3 is 10.3 Å². The minimum Gasteiger partial charge on any atom is -0.363 e. The van der Waals surface area contributed by atoms with Gasteiger partial charge in [0.25, 0.3) is 5.56 Å². The van der Waals surface area contributed by atoms with E-state index in [-0.39, 0.29) is 29.3 Å². The van der Waals surface area contributed by atoms with Crippen molar-refractivity contribution in [2.45, 2.75) is 45.1 Å². The van der Waals surface area contributed by atoms with Crippen LogP contribution >= 0.6 is 0 Å². The van der Waals surface area contributed by atoms with E-state index in [0.717, 1.165) is 30.7 Å². The standard InChI is InChI=1S/C24H26N8O/c1-4-11-29-21(28-3)17-9-10-18(17)22-31-23(20(19(27)13-26)24(33)32-22)30-14(2)16-7-5-15(12-25)6-8-16/h5-8,11,14,17-18,27H,4,9-10H2,1-3H3,(H2,30,31,32,33). The van der Waals surface area contributed by atoms with Gasteiger partial charge in [0.15, 0.2) is 0 Å². The summed E-state index contributed by atoms with van der Waals surface area (Å²) in [5.74, 6) is 1.40. The molecule has 0 radical (unpaired) electrons. The lowest BCUT2D eigenvalue weighted by atomic mass is 9.72. The zero-order valence-corrected chi connectivity index (χ0v) is 18.9. The second-order valence-corrected chi connectivity index (χ2v) is 7.85.